The number of halogens is 1. The number of nitrogens with zero attached hydrogens (tertiary/aromatic N) is 3. The Labute approximate surface area is 93.1 Å². The zero-order valence-electron chi connectivity index (χ0n) is 9.24. The SMILES string of the molecule is CNCc1cc(-c2cnnn2C)ccc1F. The third-order valence-electron chi connectivity index (χ3n) is 2.42. The highest BCUT2D eigenvalue weighted by atomic mass is 19.1. The maximum Gasteiger partial charge on any atom is 0.127 e. The van der Waals surface area contributed by atoms with Gasteiger partial charge in [0.15, 0.2) is 0 Å². The molecule has 2 rings (SSSR count). The molecule has 16 heavy (non-hydrogen) atoms. The monoisotopic (exact) mass is 220 g/mol. The molecular formula is C11H13FN4. The molecule has 0 amide bonds. The van der Waals surface area contributed by atoms with Gasteiger partial charge in [0.25, 0.3) is 0 Å². The summed E-state index contributed by atoms with van der Waals surface area (Å²) in [6, 6.07) is 5.01. The summed E-state index contributed by atoms with van der Waals surface area (Å²) in [6.45, 7) is 0.505. The minimum atomic E-state index is -0.201. The highest BCUT2D eigenvalue weighted by molar-refractivity contribution is 5.59. The van der Waals surface area contributed by atoms with Gasteiger partial charge >= 0.3 is 0 Å². The predicted octanol–water partition coefficient (Wildman–Crippen LogP) is 1.34. The Kier molecular flexibility index (Phi) is 2.96. The van der Waals surface area contributed by atoms with Crippen LogP contribution in [0.2, 0.25) is 0 Å². The van der Waals surface area contributed by atoms with Crippen LogP contribution in [-0.2, 0) is 13.6 Å². The van der Waals surface area contributed by atoms with Crippen LogP contribution < -0.4 is 5.32 Å². The lowest BCUT2D eigenvalue weighted by atomic mass is 10.1. The van der Waals surface area contributed by atoms with E-state index >= 15 is 0 Å². The van der Waals surface area contributed by atoms with Crippen LogP contribution in [0, 0.1) is 5.82 Å². The predicted molar refractivity (Wildman–Crippen MR) is 59.2 cm³/mol. The average molecular weight is 220 g/mol. The Balaban J connectivity index is 2.43. The number of nitrogens with one attached hydrogen (secondary N) is 1. The zero-order chi connectivity index (χ0) is 11.5. The van der Waals surface area contributed by atoms with E-state index in [1.807, 2.05) is 13.1 Å². The van der Waals surface area contributed by atoms with Gasteiger partial charge < -0.3 is 5.32 Å². The summed E-state index contributed by atoms with van der Waals surface area (Å²) in [7, 11) is 3.60. The van der Waals surface area contributed by atoms with Crippen molar-refractivity contribution in [3.63, 3.8) is 0 Å². The van der Waals surface area contributed by atoms with E-state index in [2.05, 4.69) is 15.6 Å². The Morgan fingerprint density at radius 1 is 1.44 bits per heavy atom. The van der Waals surface area contributed by atoms with Crippen LogP contribution in [0.15, 0.2) is 24.4 Å². The quantitative estimate of drug-likeness (QED) is 0.848. The van der Waals surface area contributed by atoms with Crippen molar-refractivity contribution in [2.45, 2.75) is 6.54 Å². The van der Waals surface area contributed by atoms with Crippen molar-refractivity contribution in [3.05, 3.63) is 35.8 Å². The first kappa shape index (κ1) is 10.8. The highest BCUT2D eigenvalue weighted by Crippen LogP contribution is 2.20. The van der Waals surface area contributed by atoms with E-state index in [4.69, 9.17) is 0 Å². The third kappa shape index (κ3) is 1.94. The lowest BCUT2D eigenvalue weighted by Crippen LogP contribution is -2.07. The molecule has 0 saturated carbocycles. The van der Waals surface area contributed by atoms with E-state index in [1.165, 1.54) is 6.07 Å². The molecular weight excluding hydrogens is 207 g/mol. The van der Waals surface area contributed by atoms with Gasteiger partial charge in [-0.25, -0.2) is 9.07 Å². The summed E-state index contributed by atoms with van der Waals surface area (Å²) >= 11 is 0. The van der Waals surface area contributed by atoms with Gasteiger partial charge in [0, 0.05) is 24.7 Å². The number of aromatic nitrogens is 3. The number of rotatable bonds is 3. The first-order chi connectivity index (χ1) is 7.72. The second kappa shape index (κ2) is 4.40. The maximum atomic E-state index is 13.4. The fourth-order valence-corrected chi connectivity index (χ4v) is 1.61. The van der Waals surface area contributed by atoms with Gasteiger partial charge in [-0.05, 0) is 25.2 Å². The van der Waals surface area contributed by atoms with Crippen molar-refractivity contribution in [1.82, 2.24) is 20.3 Å². The first-order valence-electron chi connectivity index (χ1n) is 5.00. The zero-order valence-corrected chi connectivity index (χ0v) is 9.24. The molecule has 1 aromatic heterocycles. The Morgan fingerprint density at radius 2 is 2.25 bits per heavy atom. The van der Waals surface area contributed by atoms with Crippen LogP contribution in [0.4, 0.5) is 4.39 Å². The van der Waals surface area contributed by atoms with Crippen LogP contribution in [0.25, 0.3) is 11.3 Å². The molecule has 1 heterocycles. The van der Waals surface area contributed by atoms with E-state index in [0.717, 1.165) is 11.3 Å². The molecule has 0 atom stereocenters. The lowest BCUT2D eigenvalue weighted by molar-refractivity contribution is 0.601. The van der Waals surface area contributed by atoms with Crippen molar-refractivity contribution in [2.75, 3.05) is 7.05 Å². The minimum Gasteiger partial charge on any atom is -0.316 e. The third-order valence-corrected chi connectivity index (χ3v) is 2.42. The molecule has 0 fully saturated rings. The molecule has 84 valence electrons. The number of hydrogen-bond acceptors (Lipinski definition) is 3. The van der Waals surface area contributed by atoms with E-state index in [0.29, 0.717) is 12.1 Å². The summed E-state index contributed by atoms with van der Waals surface area (Å²) in [5.74, 6) is -0.201. The van der Waals surface area contributed by atoms with Crippen LogP contribution in [0.5, 0.6) is 0 Å². The van der Waals surface area contributed by atoms with Gasteiger partial charge in [-0.15, -0.1) is 5.10 Å². The standard InChI is InChI=1S/C11H13FN4/c1-13-6-9-5-8(3-4-10(9)12)11-7-14-15-16(11)2/h3-5,7,13H,6H2,1-2H3. The van der Waals surface area contributed by atoms with Crippen LogP contribution >= 0.6 is 0 Å². The highest BCUT2D eigenvalue weighted by Gasteiger charge is 2.07. The Morgan fingerprint density at radius 3 is 2.88 bits per heavy atom. The molecule has 0 aliphatic carbocycles. The normalized spacial score (nSPS) is 10.7. The van der Waals surface area contributed by atoms with Crippen LogP contribution in [0.3, 0.4) is 0 Å². The fraction of sp³-hybridized carbons (Fsp3) is 0.273. The van der Waals surface area contributed by atoms with Crippen LogP contribution in [-0.4, -0.2) is 22.0 Å². The largest absolute Gasteiger partial charge is 0.316 e. The van der Waals surface area contributed by atoms with Gasteiger partial charge in [-0.3, -0.25) is 0 Å². The summed E-state index contributed by atoms with van der Waals surface area (Å²) < 4.78 is 15.1. The number of aryl methyl sites for hydroxylation is 1. The molecule has 5 heteroatoms. The fourth-order valence-electron chi connectivity index (χ4n) is 1.61. The van der Waals surface area contributed by atoms with Gasteiger partial charge in [0.05, 0.1) is 11.9 Å². The maximum absolute atomic E-state index is 13.4. The number of hydrogen-bond donors (Lipinski definition) is 1. The van der Waals surface area contributed by atoms with E-state index in [1.54, 1.807) is 24.0 Å². The van der Waals surface area contributed by atoms with E-state index in [-0.39, 0.29) is 5.82 Å². The summed E-state index contributed by atoms with van der Waals surface area (Å²) in [5.41, 5.74) is 2.43. The van der Waals surface area contributed by atoms with Gasteiger partial charge in [-0.1, -0.05) is 5.21 Å². The topological polar surface area (TPSA) is 42.7 Å². The first-order valence-corrected chi connectivity index (χ1v) is 5.00. The molecule has 1 N–H and O–H groups in total. The van der Waals surface area contributed by atoms with Crippen molar-refractivity contribution in [2.24, 2.45) is 7.05 Å². The van der Waals surface area contributed by atoms with Gasteiger partial charge in [0.1, 0.15) is 5.82 Å². The molecule has 0 bridgehead atoms. The summed E-state index contributed by atoms with van der Waals surface area (Å²) in [6.07, 6.45) is 1.66. The Bertz CT molecular complexity index is 492. The average Bonchev–Trinajstić information content (AvgIpc) is 2.68. The summed E-state index contributed by atoms with van der Waals surface area (Å²) in [5, 5.41) is 10.6. The second-order valence-electron chi connectivity index (χ2n) is 3.58. The molecule has 0 unspecified atom stereocenters. The number of benzene rings is 1. The molecule has 2 aromatic rings. The molecule has 1 aromatic carbocycles. The lowest BCUT2D eigenvalue weighted by Gasteiger charge is -2.06. The molecule has 0 aliphatic heterocycles. The van der Waals surface area contributed by atoms with Gasteiger partial charge in [-0.2, -0.15) is 0 Å². The van der Waals surface area contributed by atoms with Crippen LogP contribution in [0.1, 0.15) is 5.56 Å². The molecule has 0 spiro atoms. The van der Waals surface area contributed by atoms with Crippen molar-refractivity contribution in [1.29, 1.82) is 0 Å². The Hall–Kier alpha value is -1.75. The van der Waals surface area contributed by atoms with E-state index in [9.17, 15) is 4.39 Å². The second-order valence-corrected chi connectivity index (χ2v) is 3.58. The molecule has 0 saturated heterocycles. The van der Waals surface area contributed by atoms with Crippen molar-refractivity contribution < 1.29 is 4.39 Å². The molecule has 4 nitrogen and oxygen atoms in total. The summed E-state index contributed by atoms with van der Waals surface area (Å²) in [4.78, 5) is 0. The smallest absolute Gasteiger partial charge is 0.127 e. The molecule has 0 aliphatic rings. The van der Waals surface area contributed by atoms with Crippen molar-refractivity contribution in [3.8, 4) is 11.3 Å². The van der Waals surface area contributed by atoms with Gasteiger partial charge in [0.2, 0.25) is 0 Å². The minimum absolute atomic E-state index is 0.201. The van der Waals surface area contributed by atoms with E-state index < -0.39 is 0 Å². The molecule has 0 radical (unpaired) electrons. The van der Waals surface area contributed by atoms with Crippen molar-refractivity contribution >= 4 is 0 Å².